The number of ketones is 1. The first-order chi connectivity index (χ1) is 18.8. The Balaban J connectivity index is 1.58. The van der Waals surface area contributed by atoms with E-state index in [0.717, 1.165) is 12.8 Å². The molecule has 2 aliphatic carbocycles. The summed E-state index contributed by atoms with van der Waals surface area (Å²) in [6, 6.07) is -4.18. The zero-order valence-electron chi connectivity index (χ0n) is 23.8. The minimum Gasteiger partial charge on any atom is -0.356 e. The summed E-state index contributed by atoms with van der Waals surface area (Å²) >= 11 is 0. The summed E-state index contributed by atoms with van der Waals surface area (Å²) in [7, 11) is 0. The van der Waals surface area contributed by atoms with Gasteiger partial charge in [0, 0.05) is 25.0 Å². The highest BCUT2D eigenvalue weighted by molar-refractivity contribution is 6.38. The standard InChI is InChI=1S/C27H38F3N5O6/c1-25(2,3)19(34-24(41)27(28,29)30)23(40)35-11-14-16(26(14,4)5)17(35)21(38)33-15(10-12-8-9-31-20(12)37)18(36)22(39)32-13-6-7-13/h12-17,19H,6-11H2,1-5H3,(H,31,37)(H,32,39)(H,33,38)(H,34,41). The average Bonchev–Trinajstić information content (AvgIpc) is 3.62. The number of alkyl halides is 3. The van der Waals surface area contributed by atoms with E-state index in [1.165, 1.54) is 25.7 Å². The van der Waals surface area contributed by atoms with Gasteiger partial charge in [-0.2, -0.15) is 13.2 Å². The van der Waals surface area contributed by atoms with E-state index in [9.17, 15) is 41.9 Å². The van der Waals surface area contributed by atoms with Crippen LogP contribution in [-0.4, -0.2) is 83.7 Å². The second-order valence-electron chi connectivity index (χ2n) is 13.3. The van der Waals surface area contributed by atoms with E-state index in [0.29, 0.717) is 13.0 Å². The first-order valence-electron chi connectivity index (χ1n) is 13.9. The smallest absolute Gasteiger partial charge is 0.356 e. The lowest BCUT2D eigenvalue weighted by Crippen LogP contribution is -2.61. The van der Waals surface area contributed by atoms with E-state index in [1.807, 2.05) is 13.8 Å². The van der Waals surface area contributed by atoms with Crippen LogP contribution in [0.3, 0.4) is 0 Å². The number of hydrogen-bond acceptors (Lipinski definition) is 6. The Morgan fingerprint density at radius 1 is 1.05 bits per heavy atom. The largest absolute Gasteiger partial charge is 0.471 e. The van der Waals surface area contributed by atoms with Crippen molar-refractivity contribution in [2.24, 2.45) is 28.6 Å². The second kappa shape index (κ2) is 10.6. The van der Waals surface area contributed by atoms with Crippen molar-refractivity contribution in [3.8, 4) is 0 Å². The van der Waals surface area contributed by atoms with Crippen LogP contribution >= 0.6 is 0 Å². The van der Waals surface area contributed by atoms with Crippen molar-refractivity contribution in [1.29, 1.82) is 0 Å². The van der Waals surface area contributed by atoms with Crippen molar-refractivity contribution >= 4 is 35.3 Å². The number of halogens is 3. The van der Waals surface area contributed by atoms with Gasteiger partial charge in [-0.25, -0.2) is 0 Å². The number of amides is 5. The van der Waals surface area contributed by atoms with Gasteiger partial charge in [-0.1, -0.05) is 34.6 Å². The fraction of sp³-hybridized carbons (Fsp3) is 0.778. The van der Waals surface area contributed by atoms with Gasteiger partial charge >= 0.3 is 12.1 Å². The van der Waals surface area contributed by atoms with Crippen LogP contribution in [0.1, 0.15) is 60.3 Å². The van der Waals surface area contributed by atoms with Crippen LogP contribution in [0.15, 0.2) is 0 Å². The van der Waals surface area contributed by atoms with Gasteiger partial charge < -0.3 is 26.2 Å². The molecule has 0 bridgehead atoms. The molecule has 41 heavy (non-hydrogen) atoms. The van der Waals surface area contributed by atoms with Crippen molar-refractivity contribution in [3.63, 3.8) is 0 Å². The molecule has 14 heteroatoms. The molecular weight excluding hydrogens is 547 g/mol. The summed E-state index contributed by atoms with van der Waals surface area (Å²) < 4.78 is 39.2. The zero-order valence-corrected chi connectivity index (χ0v) is 23.8. The van der Waals surface area contributed by atoms with Crippen LogP contribution < -0.4 is 21.3 Å². The summed E-state index contributed by atoms with van der Waals surface area (Å²) in [6.45, 7) is 8.80. The zero-order chi connectivity index (χ0) is 30.7. The van der Waals surface area contributed by atoms with Gasteiger partial charge in [0.05, 0.1) is 6.04 Å². The Hall–Kier alpha value is -3.19. The number of fused-ring (bicyclic) bond motifs is 1. The topological polar surface area (TPSA) is 154 Å². The monoisotopic (exact) mass is 585 g/mol. The highest BCUT2D eigenvalue weighted by atomic mass is 19.4. The molecule has 4 rings (SSSR count). The summed E-state index contributed by atoms with van der Waals surface area (Å²) in [4.78, 5) is 78.5. The number of nitrogens with one attached hydrogen (secondary N) is 4. The van der Waals surface area contributed by atoms with Gasteiger partial charge in [-0.15, -0.1) is 0 Å². The van der Waals surface area contributed by atoms with Crippen LogP contribution in [-0.2, 0) is 28.8 Å². The Morgan fingerprint density at radius 3 is 2.20 bits per heavy atom. The molecular formula is C27H38F3N5O6. The molecule has 0 radical (unpaired) electrons. The molecule has 4 fully saturated rings. The third-order valence-corrected chi connectivity index (χ3v) is 8.86. The van der Waals surface area contributed by atoms with Crippen LogP contribution in [0.25, 0.3) is 0 Å². The lowest BCUT2D eigenvalue weighted by atomic mass is 9.85. The number of carbonyl (C=O) groups excluding carboxylic acids is 6. The third kappa shape index (κ3) is 6.35. The third-order valence-electron chi connectivity index (χ3n) is 8.86. The average molecular weight is 586 g/mol. The lowest BCUT2D eigenvalue weighted by molar-refractivity contribution is -0.176. The van der Waals surface area contributed by atoms with E-state index in [4.69, 9.17) is 0 Å². The number of hydrogen-bond donors (Lipinski definition) is 4. The highest BCUT2D eigenvalue weighted by Gasteiger charge is 2.70. The maximum Gasteiger partial charge on any atom is 0.471 e. The molecule has 2 saturated carbocycles. The van der Waals surface area contributed by atoms with Crippen molar-refractivity contribution in [3.05, 3.63) is 0 Å². The first kappa shape index (κ1) is 30.8. The van der Waals surface area contributed by atoms with E-state index in [1.54, 1.807) is 5.32 Å². The summed E-state index contributed by atoms with van der Waals surface area (Å²) in [5.41, 5.74) is -1.49. The molecule has 11 nitrogen and oxygen atoms in total. The number of carbonyl (C=O) groups is 6. The number of likely N-dealkylation sites (tertiary alicyclic amines) is 1. The van der Waals surface area contributed by atoms with Crippen LogP contribution in [0, 0.1) is 28.6 Å². The van der Waals surface area contributed by atoms with Gasteiger partial charge in [-0.05, 0) is 48.3 Å². The van der Waals surface area contributed by atoms with Gasteiger partial charge in [0.25, 0.3) is 5.91 Å². The normalized spacial score (nSPS) is 28.2. The molecule has 4 N–H and O–H groups in total. The maximum absolute atomic E-state index is 13.8. The fourth-order valence-electron chi connectivity index (χ4n) is 6.13. The van der Waals surface area contributed by atoms with Crippen molar-refractivity contribution in [1.82, 2.24) is 26.2 Å². The molecule has 2 saturated heterocycles. The molecule has 0 aromatic heterocycles. The van der Waals surface area contributed by atoms with Crippen molar-refractivity contribution < 1.29 is 41.9 Å². The number of nitrogens with zero attached hydrogens (tertiary/aromatic N) is 1. The minimum atomic E-state index is -5.21. The van der Waals surface area contributed by atoms with Gasteiger partial charge in [0.1, 0.15) is 12.1 Å². The quantitative estimate of drug-likeness (QED) is 0.288. The molecule has 6 atom stereocenters. The Labute approximate surface area is 236 Å². The van der Waals surface area contributed by atoms with Crippen LogP contribution in [0.5, 0.6) is 0 Å². The predicted molar refractivity (Wildman–Crippen MR) is 138 cm³/mol. The molecule has 0 aromatic rings. The Kier molecular flexibility index (Phi) is 7.93. The van der Waals surface area contributed by atoms with Crippen LogP contribution in [0.2, 0.25) is 0 Å². The number of Topliss-reactive ketones (excluding diaryl/α,β-unsaturated/α-hetero) is 1. The molecule has 5 amide bonds. The van der Waals surface area contributed by atoms with Crippen LogP contribution in [0.4, 0.5) is 13.2 Å². The predicted octanol–water partition coefficient (Wildman–Crippen LogP) is 0.421. The summed E-state index contributed by atoms with van der Waals surface area (Å²) in [5, 5.41) is 9.67. The van der Waals surface area contributed by atoms with E-state index in [2.05, 4.69) is 16.0 Å². The SMILES string of the molecule is CC(C)(C)C(NC(=O)C(F)(F)F)C(=O)N1CC2C(C1C(=O)NC(CC1CCNC1=O)C(=O)C(=O)NC1CC1)C2(C)C. The molecule has 0 spiro atoms. The first-order valence-corrected chi connectivity index (χ1v) is 13.9. The van der Waals surface area contributed by atoms with E-state index < -0.39 is 65.0 Å². The molecule has 228 valence electrons. The Bertz CT molecular complexity index is 1150. The molecule has 0 aromatic carbocycles. The van der Waals surface area contributed by atoms with Crippen molar-refractivity contribution in [2.75, 3.05) is 13.1 Å². The summed E-state index contributed by atoms with van der Waals surface area (Å²) in [6.07, 6.45) is -3.44. The number of rotatable bonds is 9. The fourth-order valence-corrected chi connectivity index (χ4v) is 6.13. The molecule has 2 aliphatic heterocycles. The number of piperidine rings is 1. The molecule has 4 aliphatic rings. The second-order valence-corrected chi connectivity index (χ2v) is 13.3. The van der Waals surface area contributed by atoms with Crippen molar-refractivity contribution in [2.45, 2.75) is 90.6 Å². The lowest BCUT2D eigenvalue weighted by Gasteiger charge is -2.38. The maximum atomic E-state index is 13.8. The van der Waals surface area contributed by atoms with Gasteiger partial charge in [-0.3, -0.25) is 28.8 Å². The summed E-state index contributed by atoms with van der Waals surface area (Å²) in [5.74, 6) is -7.00. The van der Waals surface area contributed by atoms with E-state index in [-0.39, 0.29) is 42.2 Å². The molecule has 6 unspecified atom stereocenters. The minimum absolute atomic E-state index is 0.0782. The van der Waals surface area contributed by atoms with Gasteiger partial charge in [0.15, 0.2) is 0 Å². The Morgan fingerprint density at radius 2 is 1.68 bits per heavy atom. The highest BCUT2D eigenvalue weighted by Crippen LogP contribution is 2.65. The van der Waals surface area contributed by atoms with Gasteiger partial charge in [0.2, 0.25) is 23.5 Å². The van der Waals surface area contributed by atoms with E-state index >= 15 is 0 Å². The molecule has 2 heterocycles.